The average Bonchev–Trinajstić information content (AvgIpc) is 3.24. The molecule has 6 rings (SSSR count). The second-order valence-corrected chi connectivity index (χ2v) is 12.6. The number of carbonyl (C=O) groups excluding carboxylic acids is 1. The van der Waals surface area contributed by atoms with Gasteiger partial charge in [0.2, 0.25) is 0 Å². The molecule has 6 N–H and O–H groups in total. The van der Waals surface area contributed by atoms with E-state index < -0.39 is 89.2 Å². The predicted octanol–water partition coefficient (Wildman–Crippen LogP) is -0.845. The molecule has 0 aromatic carbocycles. The highest BCUT2D eigenvalue weighted by atomic mass is 16.7. The summed E-state index contributed by atoms with van der Waals surface area (Å²) in [4.78, 5) is 26.5. The van der Waals surface area contributed by atoms with Gasteiger partial charge in [0.1, 0.15) is 30.0 Å². The summed E-state index contributed by atoms with van der Waals surface area (Å²) in [5.41, 5.74) is -4.00. The van der Waals surface area contributed by atoms with Crippen molar-refractivity contribution in [3.63, 3.8) is 0 Å². The molecule has 6 aliphatic rings. The molecule has 0 amide bonds. The molecule has 0 aromatic heterocycles. The summed E-state index contributed by atoms with van der Waals surface area (Å²) < 4.78 is 17.8. The number of hydrogen-bond acceptors (Lipinski definition) is 10. The quantitative estimate of drug-likeness (QED) is 0.258. The Morgan fingerprint density at radius 2 is 1.83 bits per heavy atom. The van der Waals surface area contributed by atoms with Gasteiger partial charge in [0.25, 0.3) is 0 Å². The van der Waals surface area contributed by atoms with Crippen LogP contribution in [0, 0.1) is 34.5 Å². The van der Waals surface area contributed by atoms with Crippen LogP contribution in [0.4, 0.5) is 0 Å². The number of fused-ring (bicyclic) bond motifs is 1. The van der Waals surface area contributed by atoms with E-state index in [4.69, 9.17) is 14.2 Å². The van der Waals surface area contributed by atoms with Gasteiger partial charge in [0.05, 0.1) is 29.6 Å². The number of aliphatic hydroxyl groups excluding tert-OH is 4. The summed E-state index contributed by atoms with van der Waals surface area (Å²) in [6.45, 7) is 2.82. The summed E-state index contributed by atoms with van der Waals surface area (Å²) in [6, 6.07) is 0. The van der Waals surface area contributed by atoms with Crippen LogP contribution in [-0.4, -0.2) is 97.2 Å². The van der Waals surface area contributed by atoms with Gasteiger partial charge < -0.3 is 44.8 Å². The Kier molecular flexibility index (Phi) is 5.28. The van der Waals surface area contributed by atoms with E-state index in [1.807, 2.05) is 0 Å². The van der Waals surface area contributed by atoms with Crippen molar-refractivity contribution < 1.29 is 54.4 Å². The SMILES string of the molecule is C[C@@]12C(=O)O[C@]3(CC[C@@H]1O[C@@H]1O[C@H](CO)[C@@H](O)[C@H](O)[C@H]1O)[C@@H]1CC[C@@H]4C[C@]1(C[C@@]4(C)O)[C@@H](C(=O)O)[C@@H]32. The van der Waals surface area contributed by atoms with E-state index in [0.717, 1.165) is 6.42 Å². The Morgan fingerprint density at radius 1 is 1.11 bits per heavy atom. The Labute approximate surface area is 208 Å². The zero-order chi connectivity index (χ0) is 26.0. The Hall–Kier alpha value is -1.34. The maximum atomic E-state index is 13.6. The van der Waals surface area contributed by atoms with Crippen LogP contribution in [-0.2, 0) is 23.8 Å². The van der Waals surface area contributed by atoms with Crippen molar-refractivity contribution in [3.05, 3.63) is 0 Å². The fourth-order valence-electron chi connectivity index (χ4n) is 9.62. The van der Waals surface area contributed by atoms with Gasteiger partial charge >= 0.3 is 11.9 Å². The van der Waals surface area contributed by atoms with Crippen LogP contribution in [0.15, 0.2) is 0 Å². The largest absolute Gasteiger partial charge is 0.481 e. The van der Waals surface area contributed by atoms with Crippen LogP contribution in [0.5, 0.6) is 0 Å². The summed E-state index contributed by atoms with van der Waals surface area (Å²) in [5, 5.41) is 62.1. The van der Waals surface area contributed by atoms with Gasteiger partial charge in [-0.1, -0.05) is 0 Å². The lowest BCUT2D eigenvalue weighted by atomic mass is 9.58. The molecule has 4 bridgehead atoms. The molecule has 1 spiro atoms. The van der Waals surface area contributed by atoms with Gasteiger partial charge in [-0.25, -0.2) is 0 Å². The van der Waals surface area contributed by atoms with E-state index in [1.165, 1.54) is 0 Å². The third kappa shape index (κ3) is 2.82. The van der Waals surface area contributed by atoms with Crippen molar-refractivity contribution in [3.8, 4) is 0 Å². The molecule has 14 atom stereocenters. The topological polar surface area (TPSA) is 183 Å². The Balaban J connectivity index is 1.38. The van der Waals surface area contributed by atoms with Crippen LogP contribution < -0.4 is 0 Å². The second kappa shape index (κ2) is 7.62. The van der Waals surface area contributed by atoms with Gasteiger partial charge in [-0.2, -0.15) is 0 Å². The number of aliphatic carboxylic acids is 1. The van der Waals surface area contributed by atoms with Crippen LogP contribution in [0.2, 0.25) is 0 Å². The summed E-state index contributed by atoms with van der Waals surface area (Å²) in [5.74, 6) is -3.36. The lowest BCUT2D eigenvalue weighted by Crippen LogP contribution is -2.62. The lowest BCUT2D eigenvalue weighted by Gasteiger charge is -2.48. The zero-order valence-corrected chi connectivity index (χ0v) is 20.4. The number of esters is 1. The minimum Gasteiger partial charge on any atom is -0.481 e. The first-order chi connectivity index (χ1) is 16.8. The van der Waals surface area contributed by atoms with Crippen molar-refractivity contribution in [1.82, 2.24) is 0 Å². The van der Waals surface area contributed by atoms with E-state index in [9.17, 15) is 40.2 Å². The molecular formula is C25H36O11. The molecule has 11 heteroatoms. The first-order valence-corrected chi connectivity index (χ1v) is 13.0. The zero-order valence-electron chi connectivity index (χ0n) is 20.4. The predicted molar refractivity (Wildman–Crippen MR) is 118 cm³/mol. The molecule has 202 valence electrons. The van der Waals surface area contributed by atoms with E-state index >= 15 is 0 Å². The van der Waals surface area contributed by atoms with Crippen molar-refractivity contribution in [2.75, 3.05) is 6.61 Å². The van der Waals surface area contributed by atoms with Crippen LogP contribution in [0.3, 0.4) is 0 Å². The van der Waals surface area contributed by atoms with E-state index in [1.54, 1.807) is 13.8 Å². The summed E-state index contributed by atoms with van der Waals surface area (Å²) in [7, 11) is 0. The van der Waals surface area contributed by atoms with Gasteiger partial charge in [-0.15, -0.1) is 0 Å². The van der Waals surface area contributed by atoms with Gasteiger partial charge in [-0.05, 0) is 63.7 Å². The van der Waals surface area contributed by atoms with E-state index in [0.29, 0.717) is 32.1 Å². The molecule has 4 aliphatic carbocycles. The molecule has 4 saturated carbocycles. The summed E-state index contributed by atoms with van der Waals surface area (Å²) >= 11 is 0. The smallest absolute Gasteiger partial charge is 0.315 e. The van der Waals surface area contributed by atoms with E-state index in [2.05, 4.69) is 0 Å². The van der Waals surface area contributed by atoms with Crippen LogP contribution in [0.25, 0.3) is 0 Å². The molecule has 36 heavy (non-hydrogen) atoms. The minimum absolute atomic E-state index is 0.00431. The molecule has 0 radical (unpaired) electrons. The standard InChI is InChI=1S/C25H36O11/c1-22(33)9-24-7-10(22)3-4-12(24)25-6-5-13(23(2,21(32)36-25)18(25)14(24)19(30)31)35-20-17(29)16(28)15(27)11(8-26)34-20/h10-18,20,26-29,33H,3-9H2,1-2H3,(H,30,31)/t10-,11-,12-,13+,14-,15-,16+,17-,18-,20+,22-,23-,24-,25-/m1/s1. The van der Waals surface area contributed by atoms with Crippen molar-refractivity contribution >= 4 is 11.9 Å². The van der Waals surface area contributed by atoms with Crippen molar-refractivity contribution in [1.29, 1.82) is 0 Å². The van der Waals surface area contributed by atoms with E-state index in [-0.39, 0.29) is 11.8 Å². The monoisotopic (exact) mass is 512 g/mol. The molecule has 0 aromatic rings. The maximum Gasteiger partial charge on any atom is 0.315 e. The second-order valence-electron chi connectivity index (χ2n) is 12.6. The van der Waals surface area contributed by atoms with Crippen molar-refractivity contribution in [2.45, 2.75) is 100 Å². The molecule has 2 saturated heterocycles. The Morgan fingerprint density at radius 3 is 2.50 bits per heavy atom. The van der Waals surface area contributed by atoms with Crippen molar-refractivity contribution in [2.24, 2.45) is 34.5 Å². The number of ether oxygens (including phenoxy) is 3. The highest BCUT2D eigenvalue weighted by molar-refractivity contribution is 5.85. The summed E-state index contributed by atoms with van der Waals surface area (Å²) in [6.07, 6.45) is -5.25. The fourth-order valence-corrected chi connectivity index (χ4v) is 9.62. The maximum absolute atomic E-state index is 13.6. The highest BCUT2D eigenvalue weighted by Crippen LogP contribution is 2.78. The number of rotatable bonds is 4. The molecule has 6 fully saturated rings. The average molecular weight is 513 g/mol. The number of aliphatic hydroxyl groups is 5. The molecular weight excluding hydrogens is 476 g/mol. The van der Waals surface area contributed by atoms with Gasteiger partial charge in [-0.3, -0.25) is 9.59 Å². The van der Waals surface area contributed by atoms with Crippen LogP contribution >= 0.6 is 0 Å². The fraction of sp³-hybridized carbons (Fsp3) is 0.920. The van der Waals surface area contributed by atoms with Crippen LogP contribution in [0.1, 0.15) is 52.4 Å². The highest BCUT2D eigenvalue weighted by Gasteiger charge is 2.84. The molecule has 2 heterocycles. The third-order valence-corrected chi connectivity index (χ3v) is 11.0. The number of carbonyl (C=O) groups is 2. The number of hydrogen-bond donors (Lipinski definition) is 6. The molecule has 2 aliphatic heterocycles. The first-order valence-electron chi connectivity index (χ1n) is 13.0. The normalized spacial score (nSPS) is 59.4. The third-order valence-electron chi connectivity index (χ3n) is 11.0. The Bertz CT molecular complexity index is 968. The lowest BCUT2D eigenvalue weighted by molar-refractivity contribution is -0.322. The first kappa shape index (κ1) is 25.0. The number of carboxylic acid groups (broad SMARTS) is 1. The van der Waals surface area contributed by atoms with Gasteiger partial charge in [0.15, 0.2) is 6.29 Å². The number of carboxylic acids is 1. The molecule has 11 nitrogen and oxygen atoms in total. The van der Waals surface area contributed by atoms with Gasteiger partial charge in [0, 0.05) is 11.8 Å². The molecule has 0 unspecified atom stereocenters. The minimum atomic E-state index is -1.64.